The van der Waals surface area contributed by atoms with Crippen LogP contribution < -0.4 is 10.1 Å². The fourth-order valence-electron chi connectivity index (χ4n) is 4.11. The maximum absolute atomic E-state index is 12.9. The Hall–Kier alpha value is -2.47. The zero-order valence-electron chi connectivity index (χ0n) is 18.4. The Bertz CT molecular complexity index is 1020. The van der Waals surface area contributed by atoms with E-state index < -0.39 is 0 Å². The molecule has 5 nitrogen and oxygen atoms in total. The second-order valence-electron chi connectivity index (χ2n) is 8.21. The number of H-pyrrole nitrogens is 1. The highest BCUT2D eigenvalue weighted by molar-refractivity contribution is 7.99. The summed E-state index contributed by atoms with van der Waals surface area (Å²) in [5, 5.41) is 3.12. The van der Waals surface area contributed by atoms with Gasteiger partial charge in [-0.05, 0) is 61.4 Å². The number of aromatic nitrogens is 2. The van der Waals surface area contributed by atoms with Gasteiger partial charge in [-0.15, -0.1) is 11.8 Å². The van der Waals surface area contributed by atoms with Gasteiger partial charge in [0.1, 0.15) is 11.6 Å². The van der Waals surface area contributed by atoms with Crippen molar-refractivity contribution in [2.24, 2.45) is 0 Å². The summed E-state index contributed by atoms with van der Waals surface area (Å²) in [6.45, 7) is 2.19. The molecule has 2 aromatic carbocycles. The minimum Gasteiger partial charge on any atom is -0.497 e. The van der Waals surface area contributed by atoms with Crippen molar-refractivity contribution in [1.29, 1.82) is 0 Å². The van der Waals surface area contributed by atoms with E-state index >= 15 is 0 Å². The largest absolute Gasteiger partial charge is 0.497 e. The fourth-order valence-corrected chi connectivity index (χ4v) is 5.22. The molecule has 31 heavy (non-hydrogen) atoms. The number of fused-ring (bicyclic) bond motifs is 1. The van der Waals surface area contributed by atoms with Crippen molar-refractivity contribution in [3.63, 3.8) is 0 Å². The van der Waals surface area contributed by atoms with E-state index in [0.717, 1.165) is 51.8 Å². The van der Waals surface area contributed by atoms with Crippen LogP contribution in [0.15, 0.2) is 41.3 Å². The molecule has 6 heteroatoms. The van der Waals surface area contributed by atoms with Crippen LogP contribution in [0.3, 0.4) is 0 Å². The van der Waals surface area contributed by atoms with E-state index in [4.69, 9.17) is 9.72 Å². The summed E-state index contributed by atoms with van der Waals surface area (Å²) in [4.78, 5) is 22.4. The van der Waals surface area contributed by atoms with Gasteiger partial charge in [0.25, 0.3) is 5.91 Å². The van der Waals surface area contributed by atoms with E-state index in [1.165, 1.54) is 32.1 Å². The number of nitrogens with zero attached hydrogens (tertiary/aromatic N) is 1. The minimum atomic E-state index is -0.119. The van der Waals surface area contributed by atoms with Gasteiger partial charge >= 0.3 is 0 Å². The molecule has 3 aromatic rings. The van der Waals surface area contributed by atoms with Gasteiger partial charge in [0.2, 0.25) is 0 Å². The molecule has 0 radical (unpaired) electrons. The van der Waals surface area contributed by atoms with Crippen molar-refractivity contribution >= 4 is 34.4 Å². The summed E-state index contributed by atoms with van der Waals surface area (Å²) >= 11 is 1.79. The molecule has 0 atom stereocenters. The highest BCUT2D eigenvalue weighted by Crippen LogP contribution is 2.36. The van der Waals surface area contributed by atoms with Crippen LogP contribution in [0, 0.1) is 0 Å². The van der Waals surface area contributed by atoms with E-state index in [-0.39, 0.29) is 5.91 Å². The van der Waals surface area contributed by atoms with Crippen LogP contribution in [0.2, 0.25) is 0 Å². The Kier molecular flexibility index (Phi) is 7.17. The van der Waals surface area contributed by atoms with Crippen molar-refractivity contribution in [1.82, 2.24) is 9.97 Å². The molecule has 1 amide bonds. The van der Waals surface area contributed by atoms with Gasteiger partial charge in [-0.25, -0.2) is 4.98 Å². The number of unbranched alkanes of at least 4 members (excludes halogenated alkanes) is 1. The van der Waals surface area contributed by atoms with Gasteiger partial charge in [0.05, 0.1) is 23.8 Å². The van der Waals surface area contributed by atoms with Crippen LogP contribution in [0.1, 0.15) is 74.0 Å². The van der Waals surface area contributed by atoms with Crippen LogP contribution >= 0.6 is 11.8 Å². The summed E-state index contributed by atoms with van der Waals surface area (Å²) in [7, 11) is 1.62. The second-order valence-corrected chi connectivity index (χ2v) is 9.34. The van der Waals surface area contributed by atoms with Crippen molar-refractivity contribution in [2.75, 3.05) is 18.2 Å². The Morgan fingerprint density at radius 2 is 1.97 bits per heavy atom. The number of carbonyl (C=O) groups excluding carboxylic acids is 1. The summed E-state index contributed by atoms with van der Waals surface area (Å²) in [5.74, 6) is 3.26. The van der Waals surface area contributed by atoms with Gasteiger partial charge in [-0.3, -0.25) is 4.79 Å². The maximum atomic E-state index is 12.9. The summed E-state index contributed by atoms with van der Waals surface area (Å²) in [5.41, 5.74) is 3.43. The number of thioether (sulfide) groups is 1. The third-order valence-electron chi connectivity index (χ3n) is 5.95. The molecule has 1 fully saturated rings. The number of benzene rings is 2. The smallest absolute Gasteiger partial charge is 0.255 e. The third kappa shape index (κ3) is 5.24. The van der Waals surface area contributed by atoms with Gasteiger partial charge in [0, 0.05) is 16.4 Å². The van der Waals surface area contributed by atoms with Crippen molar-refractivity contribution in [3.8, 4) is 5.75 Å². The quantitative estimate of drug-likeness (QED) is 0.302. The van der Waals surface area contributed by atoms with E-state index in [2.05, 4.69) is 23.3 Å². The third-order valence-corrected chi connectivity index (χ3v) is 7.09. The second kappa shape index (κ2) is 10.2. The van der Waals surface area contributed by atoms with Gasteiger partial charge < -0.3 is 15.0 Å². The molecular weight excluding hydrogens is 406 g/mol. The van der Waals surface area contributed by atoms with Crippen molar-refractivity contribution in [2.45, 2.75) is 62.7 Å². The van der Waals surface area contributed by atoms with E-state index in [1.54, 1.807) is 43.1 Å². The van der Waals surface area contributed by atoms with Crippen molar-refractivity contribution in [3.05, 3.63) is 47.8 Å². The van der Waals surface area contributed by atoms with E-state index in [1.807, 2.05) is 6.07 Å². The molecule has 1 aliphatic carbocycles. The highest BCUT2D eigenvalue weighted by Gasteiger charge is 2.20. The Balaban J connectivity index is 1.61. The fraction of sp³-hybridized carbons (Fsp3) is 0.440. The molecule has 1 saturated carbocycles. The number of hydrogen-bond donors (Lipinski definition) is 2. The molecule has 0 bridgehead atoms. The highest BCUT2D eigenvalue weighted by atomic mass is 32.2. The number of imidazole rings is 1. The average molecular weight is 438 g/mol. The topological polar surface area (TPSA) is 67.0 Å². The molecule has 0 unspecified atom stereocenters. The Morgan fingerprint density at radius 3 is 2.68 bits per heavy atom. The van der Waals surface area contributed by atoms with Gasteiger partial charge in [-0.1, -0.05) is 32.6 Å². The molecule has 1 heterocycles. The molecule has 1 aliphatic rings. The first-order chi connectivity index (χ1) is 15.2. The average Bonchev–Trinajstić information content (AvgIpc) is 3.23. The van der Waals surface area contributed by atoms with Crippen LogP contribution in [0.4, 0.5) is 5.69 Å². The lowest BCUT2D eigenvalue weighted by Gasteiger charge is -2.18. The molecule has 1 aromatic heterocycles. The molecule has 0 spiro atoms. The molecule has 0 aliphatic heterocycles. The number of ether oxygens (including phenoxy) is 1. The number of carbonyl (C=O) groups is 1. The number of nitrogens with one attached hydrogen (secondary N) is 2. The van der Waals surface area contributed by atoms with Crippen LogP contribution in [-0.2, 0) is 0 Å². The summed E-state index contributed by atoms with van der Waals surface area (Å²) < 4.78 is 5.20. The zero-order valence-corrected chi connectivity index (χ0v) is 19.2. The number of hydrogen-bond acceptors (Lipinski definition) is 4. The standard InChI is InChI=1S/C25H31N3O2S/c1-3-4-14-31-23-16-21-20(26-24(27-21)17-8-6-5-7-9-17)15-22(23)28-25(29)18-10-12-19(30-2)13-11-18/h10-13,15-17H,3-9,14H2,1-2H3,(H,26,27)(H,28,29). The predicted octanol–water partition coefficient (Wildman–Crippen LogP) is 6.76. The van der Waals surface area contributed by atoms with Crippen molar-refractivity contribution < 1.29 is 9.53 Å². The van der Waals surface area contributed by atoms with E-state index in [0.29, 0.717) is 11.5 Å². The first kappa shape index (κ1) is 21.8. The number of anilines is 1. The zero-order chi connectivity index (χ0) is 21.6. The number of methoxy groups -OCH3 is 1. The normalized spacial score (nSPS) is 14.6. The lowest BCUT2D eigenvalue weighted by molar-refractivity contribution is 0.102. The predicted molar refractivity (Wildman–Crippen MR) is 128 cm³/mol. The Labute approximate surface area is 188 Å². The number of amides is 1. The van der Waals surface area contributed by atoms with Gasteiger partial charge in [0.15, 0.2) is 0 Å². The van der Waals surface area contributed by atoms with E-state index in [9.17, 15) is 4.79 Å². The molecule has 0 saturated heterocycles. The van der Waals surface area contributed by atoms with Gasteiger partial charge in [-0.2, -0.15) is 0 Å². The molecule has 164 valence electrons. The molecular formula is C25H31N3O2S. The summed E-state index contributed by atoms with van der Waals surface area (Å²) in [6.07, 6.45) is 8.60. The molecule has 4 rings (SSSR count). The first-order valence-electron chi connectivity index (χ1n) is 11.3. The first-order valence-corrected chi connectivity index (χ1v) is 12.3. The maximum Gasteiger partial charge on any atom is 0.255 e. The van der Waals surface area contributed by atoms with Crippen LogP contribution in [-0.4, -0.2) is 28.7 Å². The monoisotopic (exact) mass is 437 g/mol. The number of aromatic amines is 1. The minimum absolute atomic E-state index is 0.119. The lowest BCUT2D eigenvalue weighted by Crippen LogP contribution is -2.12. The Morgan fingerprint density at radius 1 is 1.19 bits per heavy atom. The lowest BCUT2D eigenvalue weighted by atomic mass is 9.89. The van der Waals surface area contributed by atoms with Crippen LogP contribution in [0.5, 0.6) is 5.75 Å². The number of rotatable bonds is 8. The SMILES string of the molecule is CCCCSc1cc2nc(C3CCCCC3)[nH]c2cc1NC(=O)c1ccc(OC)cc1. The summed E-state index contributed by atoms with van der Waals surface area (Å²) in [6, 6.07) is 11.4. The van der Waals surface area contributed by atoms with Crippen LogP contribution in [0.25, 0.3) is 11.0 Å². The molecule has 2 N–H and O–H groups in total.